The number of furan rings is 1. The fourth-order valence-corrected chi connectivity index (χ4v) is 3.08. The lowest BCUT2D eigenvalue weighted by Gasteiger charge is -2.38. The summed E-state index contributed by atoms with van der Waals surface area (Å²) in [6, 6.07) is 9.53. The topological polar surface area (TPSA) is 51.5 Å². The zero-order valence-corrected chi connectivity index (χ0v) is 12.9. The number of amides is 1. The predicted molar refractivity (Wildman–Crippen MR) is 84.2 cm³/mol. The molecule has 0 atom stereocenters. The van der Waals surface area contributed by atoms with Crippen LogP contribution in [0.5, 0.6) is 0 Å². The summed E-state index contributed by atoms with van der Waals surface area (Å²) < 4.78 is 10.4. The minimum atomic E-state index is -0.136. The Morgan fingerprint density at radius 2 is 2.09 bits per heavy atom. The normalized spacial score (nSPS) is 17.1. The molecule has 4 nitrogen and oxygen atoms in total. The van der Waals surface area contributed by atoms with E-state index >= 15 is 0 Å². The van der Waals surface area contributed by atoms with Crippen molar-refractivity contribution < 1.29 is 13.9 Å². The molecule has 5 heteroatoms. The second-order valence-electron chi connectivity index (χ2n) is 5.60. The average Bonchev–Trinajstić information content (AvgIpc) is 3.08. The second kappa shape index (κ2) is 6.55. The van der Waals surface area contributed by atoms with E-state index < -0.39 is 0 Å². The van der Waals surface area contributed by atoms with Gasteiger partial charge in [-0.05, 0) is 36.6 Å². The van der Waals surface area contributed by atoms with Crippen molar-refractivity contribution in [3.8, 4) is 0 Å². The summed E-state index contributed by atoms with van der Waals surface area (Å²) in [5.41, 5.74) is 1.55. The van der Waals surface area contributed by atoms with Crippen molar-refractivity contribution >= 4 is 17.5 Å². The number of rotatable bonds is 4. The summed E-state index contributed by atoms with van der Waals surface area (Å²) >= 11 is 6.14. The van der Waals surface area contributed by atoms with Gasteiger partial charge < -0.3 is 14.5 Å². The van der Waals surface area contributed by atoms with Gasteiger partial charge in [-0.2, -0.15) is 0 Å². The maximum absolute atomic E-state index is 12.2. The van der Waals surface area contributed by atoms with Gasteiger partial charge in [0.25, 0.3) is 5.91 Å². The van der Waals surface area contributed by atoms with E-state index in [-0.39, 0.29) is 11.3 Å². The van der Waals surface area contributed by atoms with Gasteiger partial charge in [0.05, 0.1) is 11.8 Å². The van der Waals surface area contributed by atoms with Crippen molar-refractivity contribution in [2.24, 2.45) is 0 Å². The Kier molecular flexibility index (Phi) is 4.50. The smallest absolute Gasteiger partial charge is 0.254 e. The van der Waals surface area contributed by atoms with E-state index in [9.17, 15) is 4.79 Å². The molecule has 22 heavy (non-hydrogen) atoms. The van der Waals surface area contributed by atoms with Gasteiger partial charge in [0.2, 0.25) is 0 Å². The van der Waals surface area contributed by atoms with Crippen LogP contribution < -0.4 is 5.32 Å². The van der Waals surface area contributed by atoms with E-state index in [0.29, 0.717) is 30.3 Å². The number of nitrogens with one attached hydrogen (secondary N) is 1. The molecule has 2 heterocycles. The van der Waals surface area contributed by atoms with Crippen LogP contribution in [0.25, 0.3) is 0 Å². The van der Waals surface area contributed by atoms with E-state index in [4.69, 9.17) is 20.8 Å². The van der Waals surface area contributed by atoms with Crippen molar-refractivity contribution in [2.45, 2.75) is 18.3 Å². The van der Waals surface area contributed by atoms with Crippen molar-refractivity contribution in [3.05, 3.63) is 59.0 Å². The van der Waals surface area contributed by atoms with Crippen LogP contribution in [0.15, 0.2) is 47.3 Å². The quantitative estimate of drug-likeness (QED) is 0.939. The van der Waals surface area contributed by atoms with Gasteiger partial charge in [-0.25, -0.2) is 0 Å². The fraction of sp³-hybridized carbons (Fsp3) is 0.353. The van der Waals surface area contributed by atoms with Crippen molar-refractivity contribution in [1.82, 2.24) is 5.32 Å². The minimum absolute atomic E-state index is 0.123. The van der Waals surface area contributed by atoms with Gasteiger partial charge >= 0.3 is 0 Å². The first-order valence-corrected chi connectivity index (χ1v) is 7.72. The first kappa shape index (κ1) is 15.1. The van der Waals surface area contributed by atoms with Crippen LogP contribution >= 0.6 is 11.6 Å². The highest BCUT2D eigenvalue weighted by Gasteiger charge is 2.35. The second-order valence-corrected chi connectivity index (χ2v) is 6.03. The molecule has 2 aromatic rings. The molecule has 0 saturated carbocycles. The summed E-state index contributed by atoms with van der Waals surface area (Å²) in [6.07, 6.45) is 4.67. The molecule has 1 aromatic heterocycles. The standard InChI is InChI=1S/C17H18ClNO3/c18-15-3-1-2-14(10-15)17(5-8-21-9-6-17)12-19-16(20)13-4-7-22-11-13/h1-4,7,10-11H,5-6,8-9,12H2,(H,19,20). The SMILES string of the molecule is O=C(NCC1(c2cccc(Cl)c2)CCOCC1)c1ccoc1. The van der Waals surface area contributed by atoms with Crippen molar-refractivity contribution in [2.75, 3.05) is 19.8 Å². The van der Waals surface area contributed by atoms with Gasteiger partial charge in [0.15, 0.2) is 0 Å². The number of benzene rings is 1. The van der Waals surface area contributed by atoms with Gasteiger partial charge in [-0.3, -0.25) is 4.79 Å². The highest BCUT2D eigenvalue weighted by Crippen LogP contribution is 2.35. The van der Waals surface area contributed by atoms with E-state index in [1.54, 1.807) is 6.07 Å². The van der Waals surface area contributed by atoms with E-state index in [1.807, 2.05) is 18.2 Å². The Bertz CT molecular complexity index is 633. The van der Waals surface area contributed by atoms with E-state index in [0.717, 1.165) is 18.4 Å². The molecule has 1 saturated heterocycles. The van der Waals surface area contributed by atoms with Gasteiger partial charge in [-0.1, -0.05) is 23.7 Å². The molecule has 0 bridgehead atoms. The average molecular weight is 320 g/mol. The lowest BCUT2D eigenvalue weighted by Crippen LogP contribution is -2.44. The first-order chi connectivity index (χ1) is 10.7. The molecule has 0 unspecified atom stereocenters. The molecule has 1 fully saturated rings. The van der Waals surface area contributed by atoms with Gasteiger partial charge in [-0.15, -0.1) is 0 Å². The van der Waals surface area contributed by atoms with Crippen LogP contribution in [0.3, 0.4) is 0 Å². The summed E-state index contributed by atoms with van der Waals surface area (Å²) in [4.78, 5) is 12.2. The largest absolute Gasteiger partial charge is 0.472 e. The molecule has 0 radical (unpaired) electrons. The molecule has 3 rings (SSSR count). The third-order valence-corrected chi connectivity index (χ3v) is 4.49. The summed E-state index contributed by atoms with van der Waals surface area (Å²) in [5, 5.41) is 3.73. The Morgan fingerprint density at radius 3 is 2.77 bits per heavy atom. The monoisotopic (exact) mass is 319 g/mol. The molecule has 1 aliphatic rings. The van der Waals surface area contributed by atoms with Crippen LogP contribution in [0.2, 0.25) is 5.02 Å². The first-order valence-electron chi connectivity index (χ1n) is 7.34. The molecule has 1 amide bonds. The molecule has 0 aliphatic carbocycles. The highest BCUT2D eigenvalue weighted by molar-refractivity contribution is 6.30. The number of carbonyl (C=O) groups is 1. The molecule has 1 N–H and O–H groups in total. The van der Waals surface area contributed by atoms with Crippen LogP contribution in [-0.4, -0.2) is 25.7 Å². The van der Waals surface area contributed by atoms with Crippen LogP contribution in [0.1, 0.15) is 28.8 Å². The number of hydrogen-bond acceptors (Lipinski definition) is 3. The van der Waals surface area contributed by atoms with Crippen molar-refractivity contribution in [1.29, 1.82) is 0 Å². The summed E-state index contributed by atoms with van der Waals surface area (Å²) in [7, 11) is 0. The number of ether oxygens (including phenoxy) is 1. The Balaban J connectivity index is 1.79. The Hall–Kier alpha value is -1.78. The summed E-state index contributed by atoms with van der Waals surface area (Å²) in [6.45, 7) is 1.93. The minimum Gasteiger partial charge on any atom is -0.472 e. The lowest BCUT2D eigenvalue weighted by atomic mass is 9.74. The van der Waals surface area contributed by atoms with Gasteiger partial charge in [0.1, 0.15) is 6.26 Å². The number of hydrogen-bond donors (Lipinski definition) is 1. The Morgan fingerprint density at radius 1 is 1.27 bits per heavy atom. The molecular formula is C17H18ClNO3. The van der Waals surface area contributed by atoms with Gasteiger partial charge in [0, 0.05) is 30.2 Å². The van der Waals surface area contributed by atoms with Crippen molar-refractivity contribution in [3.63, 3.8) is 0 Å². The van der Waals surface area contributed by atoms with E-state index in [1.165, 1.54) is 12.5 Å². The summed E-state index contributed by atoms with van der Waals surface area (Å²) in [5.74, 6) is -0.123. The Labute approximate surface area is 134 Å². The molecule has 0 spiro atoms. The zero-order valence-electron chi connectivity index (χ0n) is 12.2. The molecule has 1 aromatic carbocycles. The fourth-order valence-electron chi connectivity index (χ4n) is 2.89. The number of halogens is 1. The van der Waals surface area contributed by atoms with Crippen LogP contribution in [0, 0.1) is 0 Å². The van der Waals surface area contributed by atoms with Crippen LogP contribution in [-0.2, 0) is 10.2 Å². The third-order valence-electron chi connectivity index (χ3n) is 4.26. The highest BCUT2D eigenvalue weighted by atomic mass is 35.5. The molecule has 1 aliphatic heterocycles. The zero-order chi connectivity index (χ0) is 15.4. The predicted octanol–water partition coefficient (Wildman–Crippen LogP) is 3.41. The maximum Gasteiger partial charge on any atom is 0.254 e. The molecular weight excluding hydrogens is 302 g/mol. The van der Waals surface area contributed by atoms with E-state index in [2.05, 4.69) is 11.4 Å². The lowest BCUT2D eigenvalue weighted by molar-refractivity contribution is 0.0487. The maximum atomic E-state index is 12.2. The number of carbonyl (C=O) groups excluding carboxylic acids is 1. The van der Waals surface area contributed by atoms with Crippen LogP contribution in [0.4, 0.5) is 0 Å². The molecule has 116 valence electrons. The third kappa shape index (κ3) is 3.18.